The van der Waals surface area contributed by atoms with Crippen molar-refractivity contribution in [1.29, 1.82) is 0 Å². The highest BCUT2D eigenvalue weighted by Gasteiger charge is 1.98. The van der Waals surface area contributed by atoms with Gasteiger partial charge in [0.15, 0.2) is 0 Å². The number of hydrogen-bond acceptors (Lipinski definition) is 2. The Bertz CT molecular complexity index is 432. The van der Waals surface area contributed by atoms with E-state index in [1.807, 2.05) is 22.9 Å². The van der Waals surface area contributed by atoms with Crippen molar-refractivity contribution in [3.8, 4) is 0 Å². The zero-order chi connectivity index (χ0) is 9.97. The van der Waals surface area contributed by atoms with Crippen LogP contribution in [0.15, 0.2) is 36.8 Å². The quantitative estimate of drug-likeness (QED) is 0.779. The molecule has 0 unspecified atom stereocenters. The number of aryl methyl sites for hydroxylation is 1. The summed E-state index contributed by atoms with van der Waals surface area (Å²) >= 11 is 0. The van der Waals surface area contributed by atoms with Crippen LogP contribution in [0.2, 0.25) is 0 Å². The van der Waals surface area contributed by atoms with E-state index in [0.29, 0.717) is 5.82 Å². The molecule has 72 valence electrons. The van der Waals surface area contributed by atoms with Crippen molar-refractivity contribution in [2.45, 2.75) is 13.5 Å². The van der Waals surface area contributed by atoms with E-state index in [1.54, 1.807) is 6.33 Å². The smallest absolute Gasteiger partial charge is 0.141 e. The second-order valence-corrected chi connectivity index (χ2v) is 3.40. The van der Waals surface area contributed by atoms with Gasteiger partial charge < -0.3 is 10.3 Å². The maximum Gasteiger partial charge on any atom is 0.141 e. The summed E-state index contributed by atoms with van der Waals surface area (Å²) in [6.07, 6.45) is 3.59. The molecule has 1 aromatic heterocycles. The average Bonchev–Trinajstić information content (AvgIpc) is 2.56. The maximum absolute atomic E-state index is 5.54. The van der Waals surface area contributed by atoms with E-state index >= 15 is 0 Å². The molecule has 0 amide bonds. The first kappa shape index (κ1) is 8.81. The van der Waals surface area contributed by atoms with Crippen LogP contribution in [0, 0.1) is 6.92 Å². The first-order valence-electron chi connectivity index (χ1n) is 4.57. The number of nitrogens with two attached hydrogens (primary N) is 1. The van der Waals surface area contributed by atoms with E-state index in [0.717, 1.165) is 6.54 Å². The first-order chi connectivity index (χ1) is 6.75. The number of nitrogen functional groups attached to an aromatic ring is 1. The highest BCUT2D eigenvalue weighted by atomic mass is 15.1. The minimum atomic E-state index is 0.568. The summed E-state index contributed by atoms with van der Waals surface area (Å²) in [4.78, 5) is 3.98. The number of nitrogens with zero attached hydrogens (tertiary/aromatic N) is 2. The highest BCUT2D eigenvalue weighted by Crippen LogP contribution is 2.09. The second kappa shape index (κ2) is 3.54. The van der Waals surface area contributed by atoms with Crippen molar-refractivity contribution in [1.82, 2.24) is 9.55 Å². The summed E-state index contributed by atoms with van der Waals surface area (Å²) < 4.78 is 1.98. The molecule has 0 radical (unpaired) electrons. The molecule has 0 fully saturated rings. The summed E-state index contributed by atoms with van der Waals surface area (Å²) in [7, 11) is 0. The molecule has 0 saturated heterocycles. The lowest BCUT2D eigenvalue weighted by Gasteiger charge is -2.05. The molecule has 1 heterocycles. The van der Waals surface area contributed by atoms with Crippen LogP contribution in [-0.2, 0) is 6.54 Å². The molecule has 3 nitrogen and oxygen atoms in total. The lowest BCUT2D eigenvalue weighted by molar-refractivity contribution is 0.792. The summed E-state index contributed by atoms with van der Waals surface area (Å²) in [5, 5.41) is 0. The molecule has 1 aromatic carbocycles. The molecular weight excluding hydrogens is 174 g/mol. The zero-order valence-corrected chi connectivity index (χ0v) is 8.14. The molecule has 2 N–H and O–H groups in total. The van der Waals surface area contributed by atoms with Crippen LogP contribution < -0.4 is 5.73 Å². The van der Waals surface area contributed by atoms with Crippen molar-refractivity contribution in [2.75, 3.05) is 5.73 Å². The number of anilines is 1. The molecule has 0 aliphatic heterocycles. The van der Waals surface area contributed by atoms with Crippen LogP contribution in [0.4, 0.5) is 5.82 Å². The molecule has 2 rings (SSSR count). The lowest BCUT2D eigenvalue weighted by atomic mass is 10.1. The monoisotopic (exact) mass is 187 g/mol. The van der Waals surface area contributed by atoms with Crippen molar-refractivity contribution in [3.05, 3.63) is 47.9 Å². The standard InChI is InChI=1S/C11H13N3/c1-9-4-2-3-5-10(9)6-14-7-11(12)13-8-14/h2-5,7-8H,6,12H2,1H3. The third-order valence-electron chi connectivity index (χ3n) is 2.27. The molecule has 2 aromatic rings. The fourth-order valence-corrected chi connectivity index (χ4v) is 1.45. The summed E-state index contributed by atoms with van der Waals surface area (Å²) in [6.45, 7) is 2.94. The van der Waals surface area contributed by atoms with Crippen LogP contribution in [0.5, 0.6) is 0 Å². The van der Waals surface area contributed by atoms with E-state index in [2.05, 4.69) is 24.0 Å². The molecule has 0 atom stereocenters. The van der Waals surface area contributed by atoms with E-state index in [-0.39, 0.29) is 0 Å². The van der Waals surface area contributed by atoms with Gasteiger partial charge in [0.1, 0.15) is 5.82 Å². The van der Waals surface area contributed by atoms with Gasteiger partial charge in [-0.05, 0) is 18.1 Å². The van der Waals surface area contributed by atoms with Gasteiger partial charge in [-0.1, -0.05) is 24.3 Å². The molecule has 0 spiro atoms. The molecular formula is C11H13N3. The van der Waals surface area contributed by atoms with Crippen LogP contribution in [0.3, 0.4) is 0 Å². The largest absolute Gasteiger partial charge is 0.382 e. The topological polar surface area (TPSA) is 43.8 Å². The van der Waals surface area contributed by atoms with E-state index in [9.17, 15) is 0 Å². The van der Waals surface area contributed by atoms with Gasteiger partial charge in [0.2, 0.25) is 0 Å². The van der Waals surface area contributed by atoms with Crippen molar-refractivity contribution in [3.63, 3.8) is 0 Å². The van der Waals surface area contributed by atoms with Crippen molar-refractivity contribution in [2.24, 2.45) is 0 Å². The Morgan fingerprint density at radius 1 is 1.36 bits per heavy atom. The maximum atomic E-state index is 5.54. The summed E-state index contributed by atoms with van der Waals surface area (Å²) in [6, 6.07) is 8.31. The molecule has 3 heteroatoms. The minimum Gasteiger partial charge on any atom is -0.382 e. The fraction of sp³-hybridized carbons (Fsp3) is 0.182. The van der Waals surface area contributed by atoms with Crippen LogP contribution >= 0.6 is 0 Å². The Morgan fingerprint density at radius 2 is 2.14 bits per heavy atom. The number of hydrogen-bond donors (Lipinski definition) is 1. The molecule has 0 bridgehead atoms. The molecule has 14 heavy (non-hydrogen) atoms. The normalized spacial score (nSPS) is 10.4. The third-order valence-corrected chi connectivity index (χ3v) is 2.27. The molecule has 0 saturated carbocycles. The molecule has 0 aliphatic rings. The lowest BCUT2D eigenvalue weighted by Crippen LogP contribution is -1.98. The first-order valence-corrected chi connectivity index (χ1v) is 4.57. The molecule has 0 aliphatic carbocycles. The number of aromatic nitrogens is 2. The zero-order valence-electron chi connectivity index (χ0n) is 8.14. The van der Waals surface area contributed by atoms with Crippen molar-refractivity contribution >= 4 is 5.82 Å². The van der Waals surface area contributed by atoms with Gasteiger partial charge in [-0.2, -0.15) is 0 Å². The van der Waals surface area contributed by atoms with Crippen LogP contribution in [-0.4, -0.2) is 9.55 Å². The van der Waals surface area contributed by atoms with Crippen LogP contribution in [0.1, 0.15) is 11.1 Å². The van der Waals surface area contributed by atoms with E-state index in [4.69, 9.17) is 5.73 Å². The average molecular weight is 187 g/mol. The second-order valence-electron chi connectivity index (χ2n) is 3.40. The number of benzene rings is 1. The number of imidazole rings is 1. The highest BCUT2D eigenvalue weighted by molar-refractivity contribution is 5.28. The predicted molar refractivity (Wildman–Crippen MR) is 56.9 cm³/mol. The SMILES string of the molecule is Cc1ccccc1Cn1cnc(N)c1. The Balaban J connectivity index is 2.23. The van der Waals surface area contributed by atoms with Gasteiger partial charge in [-0.3, -0.25) is 0 Å². The van der Waals surface area contributed by atoms with E-state index < -0.39 is 0 Å². The van der Waals surface area contributed by atoms with Gasteiger partial charge in [-0.15, -0.1) is 0 Å². The predicted octanol–water partition coefficient (Wildman–Crippen LogP) is 1.82. The Kier molecular flexibility index (Phi) is 2.23. The van der Waals surface area contributed by atoms with Gasteiger partial charge in [-0.25, -0.2) is 4.98 Å². The number of rotatable bonds is 2. The fourth-order valence-electron chi connectivity index (χ4n) is 1.45. The van der Waals surface area contributed by atoms with Gasteiger partial charge in [0, 0.05) is 12.7 Å². The van der Waals surface area contributed by atoms with Gasteiger partial charge in [0.05, 0.1) is 6.33 Å². The third kappa shape index (κ3) is 1.76. The Labute approximate surface area is 83.2 Å². The summed E-state index contributed by atoms with van der Waals surface area (Å²) in [5.74, 6) is 0.568. The minimum absolute atomic E-state index is 0.568. The Hall–Kier alpha value is -1.77. The Morgan fingerprint density at radius 3 is 2.79 bits per heavy atom. The van der Waals surface area contributed by atoms with Gasteiger partial charge >= 0.3 is 0 Å². The summed E-state index contributed by atoms with van der Waals surface area (Å²) in [5.41, 5.74) is 8.13. The van der Waals surface area contributed by atoms with Crippen molar-refractivity contribution < 1.29 is 0 Å². The van der Waals surface area contributed by atoms with Crippen LogP contribution in [0.25, 0.3) is 0 Å². The van der Waals surface area contributed by atoms with Gasteiger partial charge in [0.25, 0.3) is 0 Å². The van der Waals surface area contributed by atoms with E-state index in [1.165, 1.54) is 11.1 Å².